The first-order valence-electron chi connectivity index (χ1n) is 7.53. The van der Waals surface area contributed by atoms with Crippen molar-refractivity contribution in [3.8, 4) is 0 Å². The zero-order chi connectivity index (χ0) is 16.5. The van der Waals surface area contributed by atoms with Gasteiger partial charge in [-0.25, -0.2) is 9.38 Å². The van der Waals surface area contributed by atoms with Gasteiger partial charge < -0.3 is 14.2 Å². The molecule has 6 nitrogen and oxygen atoms in total. The predicted octanol–water partition coefficient (Wildman–Crippen LogP) is 1.75. The minimum absolute atomic E-state index is 0.0436. The van der Waals surface area contributed by atoms with Gasteiger partial charge in [0.1, 0.15) is 12.4 Å². The Hall–Kier alpha value is -1.99. The molecule has 0 radical (unpaired) electrons. The SMILES string of the molecule is COCCOC(=NC[C@@H]1CCCO1)NC(=O)c1cccc(F)c1. The predicted molar refractivity (Wildman–Crippen MR) is 83.0 cm³/mol. The van der Waals surface area contributed by atoms with E-state index in [2.05, 4.69) is 10.3 Å². The summed E-state index contributed by atoms with van der Waals surface area (Å²) in [6.45, 7) is 1.76. The summed E-state index contributed by atoms with van der Waals surface area (Å²) in [5.74, 6) is -0.955. The molecule has 7 heteroatoms. The van der Waals surface area contributed by atoms with Crippen LogP contribution in [0, 0.1) is 5.82 Å². The lowest BCUT2D eigenvalue weighted by atomic mass is 10.2. The van der Waals surface area contributed by atoms with Crippen molar-refractivity contribution in [3.05, 3.63) is 35.6 Å². The first kappa shape index (κ1) is 17.4. The zero-order valence-corrected chi connectivity index (χ0v) is 13.1. The quantitative estimate of drug-likeness (QED) is 0.492. The van der Waals surface area contributed by atoms with Gasteiger partial charge in [-0.2, -0.15) is 0 Å². The van der Waals surface area contributed by atoms with E-state index >= 15 is 0 Å². The van der Waals surface area contributed by atoms with Crippen molar-refractivity contribution < 1.29 is 23.4 Å². The highest BCUT2D eigenvalue weighted by Crippen LogP contribution is 2.12. The number of rotatable bonds is 6. The van der Waals surface area contributed by atoms with Crippen molar-refractivity contribution in [1.29, 1.82) is 0 Å². The number of amidine groups is 1. The fraction of sp³-hybridized carbons (Fsp3) is 0.500. The van der Waals surface area contributed by atoms with Gasteiger partial charge in [0.2, 0.25) is 0 Å². The number of benzene rings is 1. The fourth-order valence-electron chi connectivity index (χ4n) is 2.11. The van der Waals surface area contributed by atoms with Gasteiger partial charge >= 0.3 is 0 Å². The second-order valence-electron chi connectivity index (χ2n) is 5.09. The van der Waals surface area contributed by atoms with Crippen LogP contribution in [0.3, 0.4) is 0 Å². The van der Waals surface area contributed by atoms with Crippen LogP contribution >= 0.6 is 0 Å². The van der Waals surface area contributed by atoms with E-state index in [0.29, 0.717) is 13.2 Å². The molecule has 1 aliphatic heterocycles. The molecule has 0 aromatic heterocycles. The van der Waals surface area contributed by atoms with Gasteiger partial charge in [-0.15, -0.1) is 0 Å². The Morgan fingerprint density at radius 2 is 2.35 bits per heavy atom. The number of methoxy groups -OCH3 is 1. The van der Waals surface area contributed by atoms with Gasteiger partial charge in [0, 0.05) is 19.3 Å². The van der Waals surface area contributed by atoms with Crippen LogP contribution < -0.4 is 5.32 Å². The van der Waals surface area contributed by atoms with Gasteiger partial charge in [0.15, 0.2) is 0 Å². The molecule has 1 aromatic rings. The highest BCUT2D eigenvalue weighted by atomic mass is 19.1. The number of nitrogens with one attached hydrogen (secondary N) is 1. The van der Waals surface area contributed by atoms with Crippen LogP contribution in [0.15, 0.2) is 29.3 Å². The minimum atomic E-state index is -0.479. The molecule has 0 saturated carbocycles. The number of hydrogen-bond acceptors (Lipinski definition) is 5. The van der Waals surface area contributed by atoms with Crippen molar-refractivity contribution in [2.75, 3.05) is 33.5 Å². The normalized spacial score (nSPS) is 18.0. The molecule has 23 heavy (non-hydrogen) atoms. The van der Waals surface area contributed by atoms with Crippen molar-refractivity contribution in [2.45, 2.75) is 18.9 Å². The highest BCUT2D eigenvalue weighted by Gasteiger charge is 2.16. The molecule has 0 aliphatic carbocycles. The van der Waals surface area contributed by atoms with Crippen LogP contribution in [-0.4, -0.2) is 51.5 Å². The molecule has 1 aliphatic rings. The third kappa shape index (κ3) is 5.96. The highest BCUT2D eigenvalue weighted by molar-refractivity contribution is 6.04. The van der Waals surface area contributed by atoms with Gasteiger partial charge in [-0.05, 0) is 31.0 Å². The van der Waals surface area contributed by atoms with Crippen molar-refractivity contribution in [1.82, 2.24) is 5.32 Å². The number of ether oxygens (including phenoxy) is 3. The lowest BCUT2D eigenvalue weighted by molar-refractivity contribution is 0.0948. The second kappa shape index (κ2) is 9.22. The molecule has 1 N–H and O–H groups in total. The van der Waals surface area contributed by atoms with Crippen molar-refractivity contribution in [3.63, 3.8) is 0 Å². The summed E-state index contributed by atoms with van der Waals surface area (Å²) in [5.41, 5.74) is 0.199. The van der Waals surface area contributed by atoms with Crippen LogP contribution in [0.2, 0.25) is 0 Å². The first-order valence-corrected chi connectivity index (χ1v) is 7.53. The van der Waals surface area contributed by atoms with Crippen molar-refractivity contribution >= 4 is 11.9 Å². The summed E-state index contributed by atoms with van der Waals surface area (Å²) < 4.78 is 29.0. The minimum Gasteiger partial charge on any atom is -0.463 e. The lowest BCUT2D eigenvalue weighted by Gasteiger charge is -2.12. The van der Waals surface area contributed by atoms with Crippen LogP contribution in [0.4, 0.5) is 4.39 Å². The third-order valence-electron chi connectivity index (χ3n) is 3.30. The van der Waals surface area contributed by atoms with E-state index < -0.39 is 11.7 Å². The van der Waals surface area contributed by atoms with Gasteiger partial charge in [0.05, 0.1) is 19.3 Å². The van der Waals surface area contributed by atoms with E-state index in [1.54, 1.807) is 7.11 Å². The average Bonchev–Trinajstić information content (AvgIpc) is 3.06. The number of carbonyl (C=O) groups is 1. The van der Waals surface area contributed by atoms with E-state index in [1.807, 2.05) is 0 Å². The molecule has 1 aromatic carbocycles. The number of amides is 1. The maximum atomic E-state index is 13.2. The van der Waals surface area contributed by atoms with E-state index in [-0.39, 0.29) is 24.3 Å². The molecular weight excluding hydrogens is 303 g/mol. The summed E-state index contributed by atoms with van der Waals surface area (Å²) in [6, 6.07) is 5.51. The van der Waals surface area contributed by atoms with Crippen LogP contribution in [0.25, 0.3) is 0 Å². The largest absolute Gasteiger partial charge is 0.463 e. The Balaban J connectivity index is 1.97. The molecule has 1 fully saturated rings. The topological polar surface area (TPSA) is 69.2 Å². The summed E-state index contributed by atoms with van der Waals surface area (Å²) in [6.07, 6.45) is 1.99. The summed E-state index contributed by atoms with van der Waals surface area (Å²) in [7, 11) is 1.55. The molecule has 1 amide bonds. The standard InChI is InChI=1S/C16H21FN2O4/c1-21-8-9-23-16(18-11-14-6-3-7-22-14)19-15(20)12-4-2-5-13(17)10-12/h2,4-5,10,14H,3,6-9,11H2,1H3,(H,18,19,20)/t14-/m0/s1. The van der Waals surface area contributed by atoms with Gasteiger partial charge in [-0.3, -0.25) is 10.1 Å². The summed E-state index contributed by atoms with van der Waals surface area (Å²) in [4.78, 5) is 16.4. The van der Waals surface area contributed by atoms with Gasteiger partial charge in [0.25, 0.3) is 11.9 Å². The molecular formula is C16H21FN2O4. The summed E-state index contributed by atoms with van der Waals surface area (Å²) in [5, 5.41) is 2.55. The molecule has 1 atom stereocenters. The Kier molecular flexibility index (Phi) is 6.96. The van der Waals surface area contributed by atoms with Crippen molar-refractivity contribution in [2.24, 2.45) is 4.99 Å². The third-order valence-corrected chi connectivity index (χ3v) is 3.30. The van der Waals surface area contributed by atoms with Crippen LogP contribution in [0.1, 0.15) is 23.2 Å². The molecule has 2 rings (SSSR count). The zero-order valence-electron chi connectivity index (χ0n) is 13.1. The molecule has 126 valence electrons. The lowest BCUT2D eigenvalue weighted by Crippen LogP contribution is -2.34. The second-order valence-corrected chi connectivity index (χ2v) is 5.09. The number of carbonyl (C=O) groups excluding carboxylic acids is 1. The first-order chi connectivity index (χ1) is 11.2. The average molecular weight is 324 g/mol. The van der Waals surface area contributed by atoms with Crippen LogP contribution in [0.5, 0.6) is 0 Å². The molecule has 1 heterocycles. The van der Waals surface area contributed by atoms with E-state index in [9.17, 15) is 9.18 Å². The summed E-state index contributed by atoms with van der Waals surface area (Å²) >= 11 is 0. The number of aliphatic imine (C=N–C) groups is 1. The van der Waals surface area contributed by atoms with E-state index in [1.165, 1.54) is 18.2 Å². The van der Waals surface area contributed by atoms with Gasteiger partial charge in [-0.1, -0.05) is 6.07 Å². The maximum Gasteiger partial charge on any atom is 0.291 e. The molecule has 0 bridgehead atoms. The Labute approximate surface area is 134 Å². The molecule has 1 saturated heterocycles. The Morgan fingerprint density at radius 1 is 1.48 bits per heavy atom. The van der Waals surface area contributed by atoms with E-state index in [0.717, 1.165) is 25.5 Å². The number of hydrogen-bond donors (Lipinski definition) is 1. The Morgan fingerprint density at radius 3 is 3.04 bits per heavy atom. The maximum absolute atomic E-state index is 13.2. The smallest absolute Gasteiger partial charge is 0.291 e. The Bertz CT molecular complexity index is 545. The molecule has 0 spiro atoms. The van der Waals surface area contributed by atoms with Crippen LogP contribution in [-0.2, 0) is 14.2 Å². The van der Waals surface area contributed by atoms with E-state index in [4.69, 9.17) is 14.2 Å². The fourth-order valence-corrected chi connectivity index (χ4v) is 2.11. The monoisotopic (exact) mass is 324 g/mol. The number of halogens is 1. The number of nitrogens with zero attached hydrogens (tertiary/aromatic N) is 1. The molecule has 0 unspecified atom stereocenters.